The van der Waals surface area contributed by atoms with Gasteiger partial charge in [0.25, 0.3) is 5.91 Å². The number of halogens is 2. The summed E-state index contributed by atoms with van der Waals surface area (Å²) < 4.78 is 0.895. The lowest BCUT2D eigenvalue weighted by molar-refractivity contribution is 0.0728. The molecule has 0 aliphatic carbocycles. The van der Waals surface area contributed by atoms with E-state index < -0.39 is 0 Å². The summed E-state index contributed by atoms with van der Waals surface area (Å²) in [5.74, 6) is 0.127. The van der Waals surface area contributed by atoms with E-state index in [1.165, 1.54) is 0 Å². The first-order chi connectivity index (χ1) is 9.56. The van der Waals surface area contributed by atoms with Crippen LogP contribution in [0.15, 0.2) is 23.4 Å². The van der Waals surface area contributed by atoms with Crippen molar-refractivity contribution in [1.82, 2.24) is 4.90 Å². The van der Waals surface area contributed by atoms with Crippen molar-refractivity contribution < 1.29 is 10.0 Å². The SMILES string of the molecule is CCC1CN(C(=O)c2cc(Cl)ccc2I)CC/C1=N\O. The molecule has 1 heterocycles. The van der Waals surface area contributed by atoms with Crippen LogP contribution >= 0.6 is 34.2 Å². The summed E-state index contributed by atoms with van der Waals surface area (Å²) in [6, 6.07) is 5.34. The fraction of sp³-hybridized carbons (Fsp3) is 0.429. The molecule has 1 amide bonds. The average molecular weight is 407 g/mol. The number of benzene rings is 1. The van der Waals surface area contributed by atoms with Crippen molar-refractivity contribution >= 4 is 45.8 Å². The topological polar surface area (TPSA) is 52.9 Å². The quantitative estimate of drug-likeness (QED) is 0.463. The molecule has 20 heavy (non-hydrogen) atoms. The van der Waals surface area contributed by atoms with E-state index in [4.69, 9.17) is 16.8 Å². The molecule has 0 radical (unpaired) electrons. The van der Waals surface area contributed by atoms with Crippen molar-refractivity contribution in [3.8, 4) is 0 Å². The maximum atomic E-state index is 12.6. The van der Waals surface area contributed by atoms with Gasteiger partial charge in [-0.2, -0.15) is 0 Å². The number of amides is 1. The fourth-order valence-corrected chi connectivity index (χ4v) is 3.17. The number of nitrogens with zero attached hydrogens (tertiary/aromatic N) is 2. The van der Waals surface area contributed by atoms with Crippen LogP contribution in [-0.4, -0.2) is 34.8 Å². The smallest absolute Gasteiger partial charge is 0.255 e. The highest BCUT2D eigenvalue weighted by Crippen LogP contribution is 2.23. The summed E-state index contributed by atoms with van der Waals surface area (Å²) in [7, 11) is 0. The summed E-state index contributed by atoms with van der Waals surface area (Å²) in [5.41, 5.74) is 1.43. The number of carbonyl (C=O) groups excluding carboxylic acids is 1. The van der Waals surface area contributed by atoms with Crippen LogP contribution in [0.5, 0.6) is 0 Å². The van der Waals surface area contributed by atoms with Gasteiger partial charge in [0.2, 0.25) is 0 Å². The predicted octanol–water partition coefficient (Wildman–Crippen LogP) is 3.65. The molecule has 4 nitrogen and oxygen atoms in total. The van der Waals surface area contributed by atoms with Gasteiger partial charge in [0.05, 0.1) is 11.3 Å². The Morgan fingerprint density at radius 2 is 2.35 bits per heavy atom. The Morgan fingerprint density at radius 3 is 3.00 bits per heavy atom. The van der Waals surface area contributed by atoms with Crippen LogP contribution in [0.4, 0.5) is 0 Å². The number of hydrogen-bond acceptors (Lipinski definition) is 3. The van der Waals surface area contributed by atoms with Crippen LogP contribution in [0.25, 0.3) is 0 Å². The van der Waals surface area contributed by atoms with Crippen LogP contribution in [0.2, 0.25) is 5.02 Å². The van der Waals surface area contributed by atoms with E-state index in [1.807, 2.05) is 17.9 Å². The Bertz CT molecular complexity index is 548. The molecule has 108 valence electrons. The minimum Gasteiger partial charge on any atom is -0.411 e. The first-order valence-electron chi connectivity index (χ1n) is 6.52. The number of likely N-dealkylation sites (tertiary alicyclic amines) is 1. The lowest BCUT2D eigenvalue weighted by Crippen LogP contribution is -2.44. The third-order valence-corrected chi connectivity index (χ3v) is 4.79. The highest BCUT2D eigenvalue weighted by atomic mass is 127. The van der Waals surface area contributed by atoms with E-state index in [2.05, 4.69) is 27.7 Å². The third-order valence-electron chi connectivity index (χ3n) is 3.62. The van der Waals surface area contributed by atoms with Gasteiger partial charge in [0.15, 0.2) is 0 Å². The van der Waals surface area contributed by atoms with Gasteiger partial charge in [0, 0.05) is 34.0 Å². The van der Waals surface area contributed by atoms with E-state index in [1.54, 1.807) is 12.1 Å². The monoisotopic (exact) mass is 406 g/mol. The van der Waals surface area contributed by atoms with Crippen molar-refractivity contribution in [2.45, 2.75) is 19.8 Å². The van der Waals surface area contributed by atoms with Gasteiger partial charge < -0.3 is 10.1 Å². The van der Waals surface area contributed by atoms with Gasteiger partial charge in [-0.05, 0) is 47.2 Å². The van der Waals surface area contributed by atoms with Crippen LogP contribution in [0, 0.1) is 9.49 Å². The van der Waals surface area contributed by atoms with Crippen molar-refractivity contribution in [1.29, 1.82) is 0 Å². The van der Waals surface area contributed by atoms with Crippen LogP contribution < -0.4 is 0 Å². The maximum Gasteiger partial charge on any atom is 0.255 e. The molecule has 0 aromatic heterocycles. The summed E-state index contributed by atoms with van der Waals surface area (Å²) in [6.45, 7) is 3.21. The van der Waals surface area contributed by atoms with E-state index in [9.17, 15) is 4.79 Å². The third kappa shape index (κ3) is 3.25. The number of hydrogen-bond donors (Lipinski definition) is 1. The molecule has 1 aliphatic heterocycles. The van der Waals surface area contributed by atoms with Gasteiger partial charge in [-0.15, -0.1) is 0 Å². The predicted molar refractivity (Wildman–Crippen MR) is 87.7 cm³/mol. The molecule has 1 aliphatic rings. The lowest BCUT2D eigenvalue weighted by atomic mass is 9.93. The molecule has 1 fully saturated rings. The van der Waals surface area contributed by atoms with Crippen molar-refractivity contribution in [3.05, 3.63) is 32.4 Å². The first-order valence-corrected chi connectivity index (χ1v) is 7.97. The second-order valence-electron chi connectivity index (χ2n) is 4.82. The Kier molecular flexibility index (Phi) is 5.26. The molecule has 2 rings (SSSR count). The second kappa shape index (κ2) is 6.76. The summed E-state index contributed by atoms with van der Waals surface area (Å²) in [4.78, 5) is 14.4. The molecule has 0 saturated carbocycles. The largest absolute Gasteiger partial charge is 0.411 e. The molecular weight excluding hydrogens is 391 g/mol. The molecule has 1 aromatic rings. The minimum atomic E-state index is -0.00709. The zero-order valence-electron chi connectivity index (χ0n) is 11.1. The summed E-state index contributed by atoms with van der Waals surface area (Å²) in [5, 5.41) is 12.9. The Balaban J connectivity index is 2.20. The molecule has 1 N–H and O–H groups in total. The van der Waals surface area contributed by atoms with Crippen molar-refractivity contribution in [2.75, 3.05) is 13.1 Å². The zero-order chi connectivity index (χ0) is 14.7. The second-order valence-corrected chi connectivity index (χ2v) is 6.42. The molecule has 1 saturated heterocycles. The number of oxime groups is 1. The Labute approximate surface area is 136 Å². The van der Waals surface area contributed by atoms with E-state index in [-0.39, 0.29) is 11.8 Å². The molecule has 6 heteroatoms. The number of carbonyl (C=O) groups is 1. The highest BCUT2D eigenvalue weighted by Gasteiger charge is 2.29. The van der Waals surface area contributed by atoms with Crippen molar-refractivity contribution in [2.24, 2.45) is 11.1 Å². The maximum absolute atomic E-state index is 12.6. The standard InChI is InChI=1S/C14H16ClIN2O2/c1-2-9-8-18(6-5-13(9)17-20)14(19)11-7-10(15)3-4-12(11)16/h3-4,7,9,20H,2,5-6,8H2,1H3/b17-13+. The van der Waals surface area contributed by atoms with Gasteiger partial charge in [0.1, 0.15) is 0 Å². The van der Waals surface area contributed by atoms with Crippen LogP contribution in [-0.2, 0) is 0 Å². The van der Waals surface area contributed by atoms with Gasteiger partial charge >= 0.3 is 0 Å². The molecule has 1 atom stereocenters. The summed E-state index contributed by atoms with van der Waals surface area (Å²) in [6.07, 6.45) is 1.48. The van der Waals surface area contributed by atoms with E-state index in [0.29, 0.717) is 30.1 Å². The van der Waals surface area contributed by atoms with Gasteiger partial charge in [-0.3, -0.25) is 4.79 Å². The van der Waals surface area contributed by atoms with E-state index in [0.717, 1.165) is 15.7 Å². The molecule has 0 spiro atoms. The number of rotatable bonds is 2. The highest BCUT2D eigenvalue weighted by molar-refractivity contribution is 14.1. The molecule has 0 bridgehead atoms. The van der Waals surface area contributed by atoms with Crippen LogP contribution in [0.3, 0.4) is 0 Å². The average Bonchev–Trinajstić information content (AvgIpc) is 2.48. The summed E-state index contributed by atoms with van der Waals surface area (Å²) >= 11 is 8.12. The van der Waals surface area contributed by atoms with Crippen molar-refractivity contribution in [3.63, 3.8) is 0 Å². The van der Waals surface area contributed by atoms with Gasteiger partial charge in [-0.25, -0.2) is 0 Å². The first kappa shape index (κ1) is 15.6. The Hall–Kier alpha value is -0.820. The fourth-order valence-electron chi connectivity index (χ4n) is 2.43. The van der Waals surface area contributed by atoms with Crippen LogP contribution in [0.1, 0.15) is 30.1 Å². The van der Waals surface area contributed by atoms with E-state index >= 15 is 0 Å². The lowest BCUT2D eigenvalue weighted by Gasteiger charge is -2.33. The molecular formula is C14H16ClIN2O2. The minimum absolute atomic E-state index is 0.00709. The Morgan fingerprint density at radius 1 is 1.60 bits per heavy atom. The number of piperidine rings is 1. The zero-order valence-corrected chi connectivity index (χ0v) is 14.1. The molecule has 1 aromatic carbocycles. The van der Waals surface area contributed by atoms with Gasteiger partial charge in [-0.1, -0.05) is 23.7 Å². The molecule has 1 unspecified atom stereocenters. The normalized spacial score (nSPS) is 21.2.